The molecule has 0 atom stereocenters. The molecule has 3 nitrogen and oxygen atoms in total. The molecular weight excluding hydrogens is 286 g/mol. The normalized spacial score (nSPS) is 10.7. The van der Waals surface area contributed by atoms with Crippen LogP contribution in [0, 0.1) is 5.21 Å². The fourth-order valence-corrected chi connectivity index (χ4v) is 2.58. The van der Waals surface area contributed by atoms with E-state index in [1.54, 1.807) is 36.4 Å². The predicted octanol–water partition coefficient (Wildman–Crippen LogP) is 3.55. The molecule has 4 heteroatoms. The molecule has 0 saturated carbocycles. The fraction of sp³-hybridized carbons (Fsp3) is 0.0588. The van der Waals surface area contributed by atoms with Crippen molar-refractivity contribution in [1.29, 1.82) is 0 Å². The molecule has 0 fully saturated rings. The van der Waals surface area contributed by atoms with Crippen LogP contribution in [0.5, 0.6) is 0 Å². The van der Waals surface area contributed by atoms with E-state index in [1.807, 2.05) is 18.2 Å². The van der Waals surface area contributed by atoms with Crippen molar-refractivity contribution < 1.29 is 9.52 Å². The van der Waals surface area contributed by atoms with Gasteiger partial charge in [0, 0.05) is 34.0 Å². The van der Waals surface area contributed by atoms with Gasteiger partial charge in [0.15, 0.2) is 12.0 Å². The molecule has 0 aliphatic carbocycles. The van der Waals surface area contributed by atoms with E-state index in [4.69, 9.17) is 11.6 Å². The van der Waals surface area contributed by atoms with Crippen LogP contribution >= 0.6 is 11.6 Å². The number of aromatic nitrogens is 1. The first-order valence-electron chi connectivity index (χ1n) is 6.54. The minimum atomic E-state index is -0.0612. The Labute approximate surface area is 127 Å². The summed E-state index contributed by atoms with van der Waals surface area (Å²) in [7, 11) is 0. The number of benzene rings is 2. The third kappa shape index (κ3) is 2.73. The van der Waals surface area contributed by atoms with E-state index in [2.05, 4.69) is 0 Å². The maximum Gasteiger partial charge on any atom is 0.227 e. The van der Waals surface area contributed by atoms with Gasteiger partial charge >= 0.3 is 0 Å². The number of para-hydroxylation sites is 1. The summed E-state index contributed by atoms with van der Waals surface area (Å²) in [6.45, 7) is 0. The highest BCUT2D eigenvalue weighted by Gasteiger charge is 2.14. The van der Waals surface area contributed by atoms with Crippen molar-refractivity contribution in [1.82, 2.24) is 0 Å². The Morgan fingerprint density at radius 2 is 1.86 bits per heavy atom. The first-order chi connectivity index (χ1) is 10.1. The molecule has 3 aromatic rings. The molecule has 2 aromatic carbocycles. The summed E-state index contributed by atoms with van der Waals surface area (Å²) in [5.74, 6) is -0.0612. The van der Waals surface area contributed by atoms with Crippen molar-refractivity contribution in [2.45, 2.75) is 6.42 Å². The first-order valence-corrected chi connectivity index (χ1v) is 6.91. The maximum atomic E-state index is 12.4. The number of hydrogen-bond donors (Lipinski definition) is 0. The predicted molar refractivity (Wildman–Crippen MR) is 82.4 cm³/mol. The quantitative estimate of drug-likeness (QED) is 0.421. The van der Waals surface area contributed by atoms with Gasteiger partial charge in [-0.2, -0.15) is 4.73 Å². The van der Waals surface area contributed by atoms with Crippen molar-refractivity contribution in [3.8, 4) is 0 Å². The molecule has 1 aromatic heterocycles. The summed E-state index contributed by atoms with van der Waals surface area (Å²) in [6, 6.07) is 15.9. The van der Waals surface area contributed by atoms with E-state index in [0.717, 1.165) is 10.1 Å². The first kappa shape index (κ1) is 13.6. The minimum absolute atomic E-state index is 0.0612. The lowest BCUT2D eigenvalue weighted by Gasteiger charge is -2.07. The van der Waals surface area contributed by atoms with Gasteiger partial charge in [-0.25, -0.2) is 0 Å². The fourth-order valence-electron chi connectivity index (χ4n) is 2.39. The smallest absolute Gasteiger partial charge is 0.227 e. The highest BCUT2D eigenvalue weighted by molar-refractivity contribution is 6.31. The van der Waals surface area contributed by atoms with Gasteiger partial charge in [0.2, 0.25) is 5.52 Å². The second kappa shape index (κ2) is 5.54. The standard InChI is InChI=1S/C17H12ClNO2/c18-15-8-2-5-13(10-15)16(20)11-14-6-1-4-12-7-3-9-19(21)17(12)14/h1-10H,11H2. The topological polar surface area (TPSA) is 44.0 Å². The summed E-state index contributed by atoms with van der Waals surface area (Å²) in [5, 5.41) is 13.3. The zero-order valence-corrected chi connectivity index (χ0v) is 11.9. The second-order valence-corrected chi connectivity index (χ2v) is 5.24. The molecule has 104 valence electrons. The average Bonchev–Trinajstić information content (AvgIpc) is 2.47. The van der Waals surface area contributed by atoms with E-state index in [9.17, 15) is 10.0 Å². The molecule has 1 heterocycles. The van der Waals surface area contributed by atoms with Crippen LogP contribution < -0.4 is 4.73 Å². The van der Waals surface area contributed by atoms with Gasteiger partial charge in [-0.05, 0) is 24.3 Å². The zero-order chi connectivity index (χ0) is 14.8. The molecule has 0 amide bonds. The zero-order valence-electron chi connectivity index (χ0n) is 11.1. The van der Waals surface area contributed by atoms with E-state index in [0.29, 0.717) is 21.7 Å². The third-order valence-corrected chi connectivity index (χ3v) is 3.60. The Bertz CT molecular complexity index is 825. The van der Waals surface area contributed by atoms with Crippen molar-refractivity contribution in [2.24, 2.45) is 0 Å². The molecule has 0 spiro atoms. The second-order valence-electron chi connectivity index (χ2n) is 4.80. The van der Waals surface area contributed by atoms with Crippen LogP contribution in [0.15, 0.2) is 60.8 Å². The van der Waals surface area contributed by atoms with Crippen molar-refractivity contribution in [3.05, 3.63) is 82.2 Å². The Hall–Kier alpha value is -2.39. The van der Waals surface area contributed by atoms with Crippen molar-refractivity contribution in [2.75, 3.05) is 0 Å². The van der Waals surface area contributed by atoms with Crippen molar-refractivity contribution in [3.63, 3.8) is 0 Å². The van der Waals surface area contributed by atoms with Crippen LogP contribution in [-0.4, -0.2) is 5.78 Å². The highest BCUT2D eigenvalue weighted by atomic mass is 35.5. The highest BCUT2D eigenvalue weighted by Crippen LogP contribution is 2.18. The number of fused-ring (bicyclic) bond motifs is 1. The Morgan fingerprint density at radius 1 is 1.10 bits per heavy atom. The average molecular weight is 298 g/mol. The number of ketones is 1. The number of carbonyl (C=O) groups is 1. The van der Waals surface area contributed by atoms with Crippen LogP contribution in [0.3, 0.4) is 0 Å². The van der Waals surface area contributed by atoms with E-state index < -0.39 is 0 Å². The van der Waals surface area contributed by atoms with Crippen LogP contribution in [0.25, 0.3) is 10.9 Å². The molecule has 0 N–H and O–H groups in total. The molecule has 0 aliphatic heterocycles. The minimum Gasteiger partial charge on any atom is -0.618 e. The van der Waals surface area contributed by atoms with E-state index >= 15 is 0 Å². The molecule has 0 saturated heterocycles. The van der Waals surface area contributed by atoms with Gasteiger partial charge in [-0.3, -0.25) is 4.79 Å². The monoisotopic (exact) mass is 297 g/mol. The third-order valence-electron chi connectivity index (χ3n) is 3.37. The molecular formula is C17H12ClNO2. The summed E-state index contributed by atoms with van der Waals surface area (Å²) in [5.41, 5.74) is 1.80. The van der Waals surface area contributed by atoms with Gasteiger partial charge in [0.05, 0.1) is 0 Å². The molecule has 3 rings (SSSR count). The number of halogens is 1. The van der Waals surface area contributed by atoms with Crippen LogP contribution in [0.4, 0.5) is 0 Å². The molecule has 0 aliphatic rings. The van der Waals surface area contributed by atoms with E-state index in [-0.39, 0.29) is 12.2 Å². The van der Waals surface area contributed by atoms with Crippen LogP contribution in [0.2, 0.25) is 5.02 Å². The molecule has 21 heavy (non-hydrogen) atoms. The molecule has 0 bridgehead atoms. The summed E-state index contributed by atoms with van der Waals surface area (Å²) >= 11 is 5.91. The number of hydrogen-bond acceptors (Lipinski definition) is 2. The number of nitrogens with zero attached hydrogens (tertiary/aromatic N) is 1. The van der Waals surface area contributed by atoms with Gasteiger partial charge in [-0.15, -0.1) is 0 Å². The lowest BCUT2D eigenvalue weighted by atomic mass is 10.0. The Kier molecular flexibility index (Phi) is 3.59. The Morgan fingerprint density at radius 3 is 2.67 bits per heavy atom. The number of rotatable bonds is 3. The summed E-state index contributed by atoms with van der Waals surface area (Å²) in [6.07, 6.45) is 1.61. The summed E-state index contributed by atoms with van der Waals surface area (Å²) < 4.78 is 0.802. The lowest BCUT2D eigenvalue weighted by Crippen LogP contribution is -2.27. The largest absolute Gasteiger partial charge is 0.618 e. The number of carbonyl (C=O) groups excluding carboxylic acids is 1. The van der Waals surface area contributed by atoms with Gasteiger partial charge in [0.1, 0.15) is 0 Å². The van der Waals surface area contributed by atoms with Crippen LogP contribution in [-0.2, 0) is 6.42 Å². The van der Waals surface area contributed by atoms with E-state index in [1.165, 1.54) is 6.20 Å². The van der Waals surface area contributed by atoms with Gasteiger partial charge in [-0.1, -0.05) is 35.9 Å². The Balaban J connectivity index is 2.01. The SMILES string of the molecule is O=C(Cc1cccc2ccc[n+]([O-])c12)c1cccc(Cl)c1. The lowest BCUT2D eigenvalue weighted by molar-refractivity contribution is -0.577. The molecule has 0 unspecified atom stereocenters. The van der Waals surface area contributed by atoms with Gasteiger partial charge < -0.3 is 5.21 Å². The summed E-state index contributed by atoms with van der Waals surface area (Å²) in [4.78, 5) is 12.4. The van der Waals surface area contributed by atoms with Crippen molar-refractivity contribution >= 4 is 28.3 Å². The molecule has 0 radical (unpaired) electrons. The number of Topliss-reactive ketones (excluding diaryl/α,β-unsaturated/α-hetero) is 1. The van der Waals surface area contributed by atoms with Gasteiger partial charge in [0.25, 0.3) is 0 Å². The maximum absolute atomic E-state index is 12.4. The van der Waals surface area contributed by atoms with Crippen LogP contribution in [0.1, 0.15) is 15.9 Å². The number of pyridine rings is 1.